The lowest BCUT2D eigenvalue weighted by molar-refractivity contribution is -0.137. The smallest absolute Gasteiger partial charge is 0.305 e. The van der Waals surface area contributed by atoms with Crippen LogP contribution in [0.1, 0.15) is 24.9 Å². The van der Waals surface area contributed by atoms with E-state index in [4.69, 9.17) is 28.3 Å². The quantitative estimate of drug-likeness (QED) is 0.888. The standard InChI is InChI=1S/C11H11Cl2NO3/c1-6(15)14-9(5-10(16)17)11-7(12)3-2-4-8(11)13/h2-4,9H,5H2,1H3,(H,14,15)(H,16,17). The zero-order chi connectivity index (χ0) is 13.0. The number of rotatable bonds is 4. The summed E-state index contributed by atoms with van der Waals surface area (Å²) in [6, 6.07) is 4.12. The number of amides is 1. The summed E-state index contributed by atoms with van der Waals surface area (Å²) in [4.78, 5) is 21.8. The number of nitrogens with one attached hydrogen (secondary N) is 1. The first-order valence-electron chi connectivity index (χ1n) is 4.84. The molecule has 17 heavy (non-hydrogen) atoms. The molecule has 0 aliphatic carbocycles. The first-order valence-corrected chi connectivity index (χ1v) is 5.60. The fourth-order valence-corrected chi connectivity index (χ4v) is 2.15. The normalized spacial score (nSPS) is 11.9. The van der Waals surface area contributed by atoms with Crippen molar-refractivity contribution < 1.29 is 14.7 Å². The molecule has 2 N–H and O–H groups in total. The third-order valence-corrected chi connectivity index (χ3v) is 2.76. The van der Waals surface area contributed by atoms with Crippen LogP contribution in [0.15, 0.2) is 18.2 Å². The van der Waals surface area contributed by atoms with Gasteiger partial charge >= 0.3 is 5.97 Å². The van der Waals surface area contributed by atoms with Gasteiger partial charge in [-0.2, -0.15) is 0 Å². The topological polar surface area (TPSA) is 66.4 Å². The summed E-state index contributed by atoms with van der Waals surface area (Å²) in [5.74, 6) is -1.38. The molecule has 6 heteroatoms. The summed E-state index contributed by atoms with van der Waals surface area (Å²) < 4.78 is 0. The highest BCUT2D eigenvalue weighted by atomic mass is 35.5. The van der Waals surface area contributed by atoms with Crippen LogP contribution in [0.3, 0.4) is 0 Å². The predicted octanol–water partition coefficient (Wildman–Crippen LogP) is 2.65. The van der Waals surface area contributed by atoms with E-state index in [1.807, 2.05) is 0 Å². The van der Waals surface area contributed by atoms with Crippen molar-refractivity contribution >= 4 is 35.1 Å². The predicted molar refractivity (Wildman–Crippen MR) is 65.3 cm³/mol. The van der Waals surface area contributed by atoms with Gasteiger partial charge in [0, 0.05) is 22.5 Å². The molecule has 0 spiro atoms. The summed E-state index contributed by atoms with van der Waals surface area (Å²) in [7, 11) is 0. The minimum Gasteiger partial charge on any atom is -0.481 e. The number of carbonyl (C=O) groups excluding carboxylic acids is 1. The van der Waals surface area contributed by atoms with E-state index < -0.39 is 12.0 Å². The highest BCUT2D eigenvalue weighted by Crippen LogP contribution is 2.31. The van der Waals surface area contributed by atoms with Crippen LogP contribution in [0.25, 0.3) is 0 Å². The SMILES string of the molecule is CC(=O)NC(CC(=O)O)c1c(Cl)cccc1Cl. The van der Waals surface area contributed by atoms with E-state index in [0.717, 1.165) is 0 Å². The van der Waals surface area contributed by atoms with Gasteiger partial charge < -0.3 is 10.4 Å². The van der Waals surface area contributed by atoms with E-state index >= 15 is 0 Å². The molecule has 1 rings (SSSR count). The molecular weight excluding hydrogens is 265 g/mol. The summed E-state index contributed by atoms with van der Waals surface area (Å²) in [5.41, 5.74) is 0.424. The van der Waals surface area contributed by atoms with Crippen molar-refractivity contribution in [3.8, 4) is 0 Å². The second kappa shape index (κ2) is 5.89. The third kappa shape index (κ3) is 3.91. The van der Waals surface area contributed by atoms with Crippen LogP contribution in [0.5, 0.6) is 0 Å². The van der Waals surface area contributed by atoms with Crippen LogP contribution in [0.2, 0.25) is 10.0 Å². The summed E-state index contributed by atoms with van der Waals surface area (Å²) in [6.07, 6.45) is -0.275. The van der Waals surface area contributed by atoms with Crippen molar-refractivity contribution in [1.29, 1.82) is 0 Å². The minimum absolute atomic E-state index is 0.275. The number of carboxylic acids is 1. The fraction of sp³-hybridized carbons (Fsp3) is 0.273. The van der Waals surface area contributed by atoms with E-state index in [9.17, 15) is 9.59 Å². The Morgan fingerprint density at radius 1 is 1.35 bits per heavy atom. The van der Waals surface area contributed by atoms with E-state index in [2.05, 4.69) is 5.32 Å². The molecule has 92 valence electrons. The highest BCUT2D eigenvalue weighted by molar-refractivity contribution is 6.36. The van der Waals surface area contributed by atoms with Gasteiger partial charge in [-0.1, -0.05) is 29.3 Å². The Hall–Kier alpha value is -1.26. The lowest BCUT2D eigenvalue weighted by atomic mass is 10.0. The van der Waals surface area contributed by atoms with Gasteiger partial charge in [-0.05, 0) is 12.1 Å². The number of carbonyl (C=O) groups is 2. The molecule has 0 radical (unpaired) electrons. The number of aliphatic carboxylic acids is 1. The fourth-order valence-electron chi connectivity index (χ4n) is 1.49. The van der Waals surface area contributed by atoms with Crippen molar-refractivity contribution in [2.45, 2.75) is 19.4 Å². The van der Waals surface area contributed by atoms with Gasteiger partial charge in [-0.15, -0.1) is 0 Å². The molecule has 4 nitrogen and oxygen atoms in total. The summed E-state index contributed by atoms with van der Waals surface area (Å²) >= 11 is 11.9. The van der Waals surface area contributed by atoms with E-state index in [0.29, 0.717) is 15.6 Å². The van der Waals surface area contributed by atoms with Crippen molar-refractivity contribution in [1.82, 2.24) is 5.32 Å². The first kappa shape index (κ1) is 13.8. The van der Waals surface area contributed by atoms with Crippen molar-refractivity contribution in [2.75, 3.05) is 0 Å². The summed E-state index contributed by atoms with van der Waals surface area (Å²) in [6.45, 7) is 1.31. The second-order valence-electron chi connectivity index (χ2n) is 3.49. The molecule has 0 aliphatic rings. The molecule has 0 aromatic heterocycles. The van der Waals surface area contributed by atoms with Gasteiger partial charge in [-0.3, -0.25) is 9.59 Å². The Balaban J connectivity index is 3.11. The Labute approximate surface area is 109 Å². The number of benzene rings is 1. The number of hydrogen-bond donors (Lipinski definition) is 2. The molecule has 1 aromatic carbocycles. The maximum absolute atomic E-state index is 11.0. The van der Waals surface area contributed by atoms with Crippen LogP contribution in [0, 0.1) is 0 Å². The van der Waals surface area contributed by atoms with Gasteiger partial charge in [0.15, 0.2) is 0 Å². The molecule has 1 atom stereocenters. The average Bonchev–Trinajstić information content (AvgIpc) is 2.14. The zero-order valence-corrected chi connectivity index (χ0v) is 10.5. The molecule has 0 fully saturated rings. The minimum atomic E-state index is -1.04. The Morgan fingerprint density at radius 3 is 2.29 bits per heavy atom. The van der Waals surface area contributed by atoms with E-state index in [1.54, 1.807) is 18.2 Å². The highest BCUT2D eigenvalue weighted by Gasteiger charge is 2.21. The zero-order valence-electron chi connectivity index (χ0n) is 9.04. The monoisotopic (exact) mass is 275 g/mol. The maximum Gasteiger partial charge on any atom is 0.305 e. The Morgan fingerprint density at radius 2 is 1.88 bits per heavy atom. The van der Waals surface area contributed by atoms with Crippen LogP contribution >= 0.6 is 23.2 Å². The first-order chi connectivity index (χ1) is 7.91. The van der Waals surface area contributed by atoms with Crippen LogP contribution in [-0.2, 0) is 9.59 Å². The van der Waals surface area contributed by atoms with Crippen molar-refractivity contribution in [3.05, 3.63) is 33.8 Å². The molecule has 0 saturated carbocycles. The third-order valence-electron chi connectivity index (χ3n) is 2.10. The molecule has 0 aliphatic heterocycles. The van der Waals surface area contributed by atoms with Crippen LogP contribution in [0.4, 0.5) is 0 Å². The molecule has 0 bridgehead atoms. The lowest BCUT2D eigenvalue weighted by Crippen LogP contribution is -2.28. The Kier molecular flexibility index (Phi) is 4.78. The lowest BCUT2D eigenvalue weighted by Gasteiger charge is -2.18. The molecule has 0 saturated heterocycles. The van der Waals surface area contributed by atoms with Crippen molar-refractivity contribution in [3.63, 3.8) is 0 Å². The average molecular weight is 276 g/mol. The summed E-state index contributed by atoms with van der Waals surface area (Å²) in [5, 5.41) is 12.0. The number of hydrogen-bond acceptors (Lipinski definition) is 2. The van der Waals surface area contributed by atoms with Gasteiger partial charge in [0.25, 0.3) is 0 Å². The largest absolute Gasteiger partial charge is 0.481 e. The Bertz CT molecular complexity index is 412. The second-order valence-corrected chi connectivity index (χ2v) is 4.30. The number of halogens is 2. The number of carboxylic acid groups (broad SMARTS) is 1. The molecule has 1 amide bonds. The van der Waals surface area contributed by atoms with Crippen LogP contribution in [-0.4, -0.2) is 17.0 Å². The molecule has 0 heterocycles. The van der Waals surface area contributed by atoms with Gasteiger partial charge in [-0.25, -0.2) is 0 Å². The van der Waals surface area contributed by atoms with E-state index in [1.165, 1.54) is 6.92 Å². The van der Waals surface area contributed by atoms with Gasteiger partial charge in [0.1, 0.15) is 0 Å². The molecule has 1 aromatic rings. The van der Waals surface area contributed by atoms with Gasteiger partial charge in [0.2, 0.25) is 5.91 Å². The van der Waals surface area contributed by atoms with Gasteiger partial charge in [0.05, 0.1) is 12.5 Å². The molecule has 1 unspecified atom stereocenters. The van der Waals surface area contributed by atoms with Crippen LogP contribution < -0.4 is 5.32 Å². The van der Waals surface area contributed by atoms with Crippen molar-refractivity contribution in [2.24, 2.45) is 0 Å². The molecular formula is C11H11Cl2NO3. The van der Waals surface area contributed by atoms with E-state index in [-0.39, 0.29) is 12.3 Å². The maximum atomic E-state index is 11.0.